The Bertz CT molecular complexity index is 712. The molecule has 1 atom stereocenters. The number of rotatable bonds is 3. The topological polar surface area (TPSA) is 62.5 Å². The minimum absolute atomic E-state index is 0.0352. The van der Waals surface area contributed by atoms with Gasteiger partial charge in [-0.25, -0.2) is 0 Å². The summed E-state index contributed by atoms with van der Waals surface area (Å²) in [4.78, 5) is 20.1. The third-order valence-corrected chi connectivity index (χ3v) is 4.20. The van der Waals surface area contributed by atoms with Gasteiger partial charge in [0.1, 0.15) is 6.04 Å². The Morgan fingerprint density at radius 2 is 2.00 bits per heavy atom. The normalized spacial score (nSPS) is 17.6. The molecule has 1 aliphatic heterocycles. The van der Waals surface area contributed by atoms with Gasteiger partial charge >= 0.3 is 6.01 Å². The number of nitrogens with zero attached hydrogens (tertiary/aromatic N) is 4. The van der Waals surface area contributed by atoms with E-state index in [9.17, 15) is 4.79 Å². The predicted molar refractivity (Wildman–Crippen MR) is 88.8 cm³/mol. The summed E-state index contributed by atoms with van der Waals surface area (Å²) in [5, 5.41) is 4.98. The Kier molecular flexibility index (Phi) is 4.46. The Morgan fingerprint density at radius 3 is 2.65 bits per heavy atom. The van der Waals surface area contributed by atoms with Crippen LogP contribution in [0.4, 0.5) is 6.01 Å². The number of amides is 1. The zero-order chi connectivity index (χ0) is 16.6. The quantitative estimate of drug-likeness (QED) is 0.847. The van der Waals surface area contributed by atoms with Crippen LogP contribution in [0.1, 0.15) is 12.8 Å². The van der Waals surface area contributed by atoms with Crippen molar-refractivity contribution in [1.82, 2.24) is 15.0 Å². The van der Waals surface area contributed by atoms with Crippen LogP contribution < -0.4 is 4.90 Å². The van der Waals surface area contributed by atoms with Gasteiger partial charge in [0, 0.05) is 36.2 Å². The van der Waals surface area contributed by atoms with Crippen LogP contribution in [0.25, 0.3) is 11.4 Å². The molecule has 23 heavy (non-hydrogen) atoms. The molecule has 0 bridgehead atoms. The number of carbonyl (C=O) groups excluding carboxylic acids is 1. The molecule has 3 rings (SSSR count). The second kappa shape index (κ2) is 6.37. The van der Waals surface area contributed by atoms with Crippen molar-refractivity contribution in [2.45, 2.75) is 18.9 Å². The van der Waals surface area contributed by atoms with Crippen LogP contribution in [-0.2, 0) is 4.79 Å². The van der Waals surface area contributed by atoms with Crippen LogP contribution in [0.3, 0.4) is 0 Å². The lowest BCUT2D eigenvalue weighted by Gasteiger charge is -2.24. The molecule has 6 nitrogen and oxygen atoms in total. The van der Waals surface area contributed by atoms with Crippen LogP contribution in [-0.4, -0.2) is 47.6 Å². The average Bonchev–Trinajstić information content (AvgIpc) is 3.14. The summed E-state index contributed by atoms with van der Waals surface area (Å²) in [6, 6.07) is 5.15. The maximum Gasteiger partial charge on any atom is 0.325 e. The number of halogens is 2. The van der Waals surface area contributed by atoms with Crippen molar-refractivity contribution in [2.75, 3.05) is 25.5 Å². The smallest absolute Gasteiger partial charge is 0.325 e. The number of hydrogen-bond donors (Lipinski definition) is 0. The number of aromatic nitrogens is 2. The number of benzene rings is 1. The van der Waals surface area contributed by atoms with E-state index in [1.807, 2.05) is 4.90 Å². The molecule has 2 heterocycles. The van der Waals surface area contributed by atoms with Crippen LogP contribution in [0.2, 0.25) is 10.0 Å². The highest BCUT2D eigenvalue weighted by molar-refractivity contribution is 6.35. The zero-order valence-corrected chi connectivity index (χ0v) is 14.3. The number of carbonyl (C=O) groups is 1. The molecule has 0 N–H and O–H groups in total. The first-order valence-corrected chi connectivity index (χ1v) is 7.99. The van der Waals surface area contributed by atoms with Gasteiger partial charge in [0.05, 0.1) is 0 Å². The van der Waals surface area contributed by atoms with E-state index >= 15 is 0 Å². The lowest BCUT2D eigenvalue weighted by molar-refractivity contribution is -0.129. The summed E-state index contributed by atoms with van der Waals surface area (Å²) in [6.07, 6.45) is 1.68. The molecule has 1 saturated heterocycles. The second-order valence-corrected chi connectivity index (χ2v) is 6.52. The molecule has 1 aromatic heterocycles. The summed E-state index contributed by atoms with van der Waals surface area (Å²) in [6.45, 7) is 0.710. The molecule has 1 aliphatic rings. The van der Waals surface area contributed by atoms with Crippen LogP contribution >= 0.6 is 23.2 Å². The first kappa shape index (κ1) is 16.1. The summed E-state index contributed by atoms with van der Waals surface area (Å²) in [5.41, 5.74) is 0.673. The summed E-state index contributed by atoms with van der Waals surface area (Å²) >= 11 is 12.0. The van der Waals surface area contributed by atoms with E-state index < -0.39 is 0 Å². The van der Waals surface area contributed by atoms with E-state index in [4.69, 9.17) is 27.7 Å². The Balaban J connectivity index is 1.88. The van der Waals surface area contributed by atoms with Crippen molar-refractivity contribution >= 4 is 35.1 Å². The van der Waals surface area contributed by atoms with Gasteiger partial charge in [-0.1, -0.05) is 28.4 Å². The molecule has 1 aromatic carbocycles. The summed E-state index contributed by atoms with van der Waals surface area (Å²) in [5.74, 6) is 0.431. The Morgan fingerprint density at radius 1 is 1.30 bits per heavy atom. The van der Waals surface area contributed by atoms with Gasteiger partial charge in [0.25, 0.3) is 0 Å². The van der Waals surface area contributed by atoms with Gasteiger partial charge in [-0.15, -0.1) is 0 Å². The number of hydrogen-bond acceptors (Lipinski definition) is 5. The van der Waals surface area contributed by atoms with Crippen LogP contribution in [0.15, 0.2) is 22.7 Å². The largest absolute Gasteiger partial charge is 0.347 e. The molecule has 1 amide bonds. The van der Waals surface area contributed by atoms with Crippen molar-refractivity contribution in [3.8, 4) is 11.4 Å². The lowest BCUT2D eigenvalue weighted by atomic mass is 10.2. The van der Waals surface area contributed by atoms with Gasteiger partial charge < -0.3 is 14.3 Å². The van der Waals surface area contributed by atoms with Crippen LogP contribution in [0.5, 0.6) is 0 Å². The summed E-state index contributed by atoms with van der Waals surface area (Å²) in [7, 11) is 3.48. The number of anilines is 1. The molecule has 0 radical (unpaired) electrons. The maximum absolute atomic E-state index is 12.3. The lowest BCUT2D eigenvalue weighted by Crippen LogP contribution is -2.42. The molecule has 0 aliphatic carbocycles. The van der Waals surface area contributed by atoms with Crippen LogP contribution in [0, 0.1) is 0 Å². The fourth-order valence-corrected chi connectivity index (χ4v) is 3.21. The molecule has 1 unspecified atom stereocenters. The third-order valence-electron chi connectivity index (χ3n) is 3.76. The molecule has 0 saturated carbocycles. The first-order valence-electron chi connectivity index (χ1n) is 7.23. The van der Waals surface area contributed by atoms with Gasteiger partial charge in [-0.2, -0.15) is 4.98 Å². The highest BCUT2D eigenvalue weighted by Gasteiger charge is 2.35. The second-order valence-electron chi connectivity index (χ2n) is 5.64. The fraction of sp³-hybridized carbons (Fsp3) is 0.400. The third kappa shape index (κ3) is 3.28. The fourth-order valence-electron chi connectivity index (χ4n) is 2.68. The predicted octanol–water partition coefficient (Wildman–Crippen LogP) is 3.10. The first-order chi connectivity index (χ1) is 11.0. The van der Waals surface area contributed by atoms with Crippen molar-refractivity contribution in [3.63, 3.8) is 0 Å². The van der Waals surface area contributed by atoms with Crippen molar-refractivity contribution in [3.05, 3.63) is 28.2 Å². The Hall–Kier alpha value is -1.79. The molecule has 8 heteroatoms. The van der Waals surface area contributed by atoms with E-state index in [-0.39, 0.29) is 11.9 Å². The molecule has 1 fully saturated rings. The average molecular weight is 355 g/mol. The highest BCUT2D eigenvalue weighted by atomic mass is 35.5. The standard InChI is InChI=1S/C15H16Cl2N4O2/c1-20(2)14(22)12-4-3-5-21(12)15-18-13(19-23-15)9-6-10(16)8-11(17)7-9/h6-8,12H,3-5H2,1-2H3. The van der Waals surface area contributed by atoms with Gasteiger partial charge in [-0.3, -0.25) is 4.79 Å². The van der Waals surface area contributed by atoms with Gasteiger partial charge in [0.15, 0.2) is 0 Å². The van der Waals surface area contributed by atoms with Crippen molar-refractivity contribution in [2.24, 2.45) is 0 Å². The maximum atomic E-state index is 12.3. The number of likely N-dealkylation sites (N-methyl/N-ethyl adjacent to an activating group) is 1. The minimum Gasteiger partial charge on any atom is -0.347 e. The minimum atomic E-state index is -0.263. The molecular weight excluding hydrogens is 339 g/mol. The highest BCUT2D eigenvalue weighted by Crippen LogP contribution is 2.29. The summed E-state index contributed by atoms with van der Waals surface area (Å²) < 4.78 is 5.35. The molecule has 2 aromatic rings. The zero-order valence-electron chi connectivity index (χ0n) is 12.8. The molecule has 122 valence electrons. The van der Waals surface area contributed by atoms with Crippen molar-refractivity contribution in [1.29, 1.82) is 0 Å². The van der Waals surface area contributed by atoms with E-state index in [0.717, 1.165) is 12.8 Å². The Labute approximate surface area is 144 Å². The van der Waals surface area contributed by atoms with E-state index in [2.05, 4.69) is 10.1 Å². The van der Waals surface area contributed by atoms with E-state index in [1.165, 1.54) is 0 Å². The molecular formula is C15H16Cl2N4O2. The van der Waals surface area contributed by atoms with Gasteiger partial charge in [0.2, 0.25) is 11.7 Å². The monoisotopic (exact) mass is 354 g/mol. The SMILES string of the molecule is CN(C)C(=O)C1CCCN1c1nc(-c2cc(Cl)cc(Cl)c2)no1. The van der Waals surface area contributed by atoms with Crippen molar-refractivity contribution < 1.29 is 9.32 Å². The van der Waals surface area contributed by atoms with E-state index in [1.54, 1.807) is 37.2 Å². The van der Waals surface area contributed by atoms with Gasteiger partial charge in [-0.05, 0) is 31.0 Å². The van der Waals surface area contributed by atoms with E-state index in [0.29, 0.717) is 34.0 Å². The molecule has 0 spiro atoms.